The molecular weight excluding hydrogens is 350 g/mol. The Labute approximate surface area is 161 Å². The number of nitrogens with one attached hydrogen (secondary N) is 1. The van der Waals surface area contributed by atoms with Crippen molar-refractivity contribution in [2.45, 2.75) is 6.92 Å². The third kappa shape index (κ3) is 2.73. The highest BCUT2D eigenvalue weighted by molar-refractivity contribution is 5.90. The van der Waals surface area contributed by atoms with Crippen LogP contribution in [0, 0.1) is 0 Å². The molecule has 5 heterocycles. The molecule has 0 aromatic carbocycles. The van der Waals surface area contributed by atoms with Crippen molar-refractivity contribution in [2.24, 2.45) is 0 Å². The summed E-state index contributed by atoms with van der Waals surface area (Å²) < 4.78 is 2.06. The number of rotatable bonds is 4. The summed E-state index contributed by atoms with van der Waals surface area (Å²) in [6.45, 7) is 2.81. The van der Waals surface area contributed by atoms with Gasteiger partial charge in [0.1, 0.15) is 5.65 Å². The van der Waals surface area contributed by atoms with Gasteiger partial charge in [0.15, 0.2) is 0 Å². The van der Waals surface area contributed by atoms with Crippen LogP contribution in [0.5, 0.6) is 0 Å². The fourth-order valence-corrected chi connectivity index (χ4v) is 3.27. The summed E-state index contributed by atoms with van der Waals surface area (Å²) in [6, 6.07) is 9.90. The molecule has 136 valence electrons. The van der Waals surface area contributed by atoms with Gasteiger partial charge in [-0.1, -0.05) is 0 Å². The summed E-state index contributed by atoms with van der Waals surface area (Å²) in [5.41, 5.74) is 6.53. The minimum Gasteiger partial charge on any atom is -0.355 e. The van der Waals surface area contributed by atoms with Gasteiger partial charge in [-0.25, -0.2) is 15.0 Å². The smallest absolute Gasteiger partial charge is 0.222 e. The molecule has 0 bridgehead atoms. The van der Waals surface area contributed by atoms with Crippen molar-refractivity contribution in [1.29, 1.82) is 0 Å². The first-order valence-corrected chi connectivity index (χ1v) is 9.07. The second kappa shape index (κ2) is 6.70. The Hall–Kier alpha value is -3.87. The topological polar surface area (TPSA) is 80.9 Å². The summed E-state index contributed by atoms with van der Waals surface area (Å²) in [7, 11) is 0. The largest absolute Gasteiger partial charge is 0.355 e. The van der Waals surface area contributed by atoms with Gasteiger partial charge < -0.3 is 5.32 Å². The lowest BCUT2D eigenvalue weighted by Crippen LogP contribution is -2.01. The third-order valence-corrected chi connectivity index (χ3v) is 4.61. The first kappa shape index (κ1) is 16.3. The fraction of sp³-hybridized carbons (Fsp3) is 0.0952. The van der Waals surface area contributed by atoms with Crippen LogP contribution in [0.15, 0.2) is 67.5 Å². The van der Waals surface area contributed by atoms with Gasteiger partial charge in [-0.2, -0.15) is 0 Å². The molecule has 7 nitrogen and oxygen atoms in total. The van der Waals surface area contributed by atoms with Gasteiger partial charge in [0.05, 0.1) is 22.9 Å². The Morgan fingerprint density at radius 2 is 1.79 bits per heavy atom. The highest BCUT2D eigenvalue weighted by Crippen LogP contribution is 2.28. The van der Waals surface area contributed by atoms with Gasteiger partial charge >= 0.3 is 0 Å². The predicted octanol–water partition coefficient (Wildman–Crippen LogP) is 3.83. The molecule has 0 fully saturated rings. The van der Waals surface area contributed by atoms with Gasteiger partial charge in [0, 0.05) is 48.7 Å². The van der Waals surface area contributed by atoms with Crippen molar-refractivity contribution in [3.63, 3.8) is 0 Å². The van der Waals surface area contributed by atoms with Crippen LogP contribution in [-0.4, -0.2) is 35.9 Å². The first-order valence-electron chi connectivity index (χ1n) is 9.07. The molecule has 0 amide bonds. The van der Waals surface area contributed by atoms with E-state index in [0.29, 0.717) is 5.95 Å². The van der Waals surface area contributed by atoms with E-state index >= 15 is 0 Å². The highest BCUT2D eigenvalue weighted by Gasteiger charge is 2.11. The molecular formula is C21H17N7. The van der Waals surface area contributed by atoms with Crippen molar-refractivity contribution >= 4 is 22.6 Å². The van der Waals surface area contributed by atoms with Crippen molar-refractivity contribution in [2.75, 3.05) is 11.9 Å². The van der Waals surface area contributed by atoms with E-state index in [1.807, 2.05) is 62.0 Å². The standard InChI is InChI=1S/C21H17N7/c1-2-22-21-26-11-15(12-27-21)14-6-9-28-18(13-25-19(28)10-14)16-5-8-23-17-4-3-7-24-20(16)17/h3-13H,2H2,1H3,(H,22,26,27). The Bertz CT molecular complexity index is 1270. The van der Waals surface area contributed by atoms with Crippen LogP contribution in [0.3, 0.4) is 0 Å². The molecule has 0 radical (unpaired) electrons. The first-order chi connectivity index (χ1) is 13.8. The van der Waals surface area contributed by atoms with Crippen LogP contribution in [0.2, 0.25) is 0 Å². The Morgan fingerprint density at radius 1 is 0.893 bits per heavy atom. The van der Waals surface area contributed by atoms with E-state index in [9.17, 15) is 0 Å². The summed E-state index contributed by atoms with van der Waals surface area (Å²) in [5, 5.41) is 3.10. The average Bonchev–Trinajstić information content (AvgIpc) is 3.17. The molecule has 5 rings (SSSR count). The minimum absolute atomic E-state index is 0.632. The second-order valence-electron chi connectivity index (χ2n) is 6.34. The third-order valence-electron chi connectivity index (χ3n) is 4.61. The lowest BCUT2D eigenvalue weighted by Gasteiger charge is -2.07. The molecule has 0 aliphatic heterocycles. The quantitative estimate of drug-likeness (QED) is 0.520. The van der Waals surface area contributed by atoms with Gasteiger partial charge in [0.25, 0.3) is 0 Å². The summed E-state index contributed by atoms with van der Waals surface area (Å²) in [5.74, 6) is 0.632. The zero-order chi connectivity index (χ0) is 18.9. The number of pyridine rings is 3. The maximum Gasteiger partial charge on any atom is 0.222 e. The molecule has 5 aromatic rings. The number of fused-ring (bicyclic) bond motifs is 2. The van der Waals surface area contributed by atoms with Crippen LogP contribution in [-0.2, 0) is 0 Å². The lowest BCUT2D eigenvalue weighted by molar-refractivity contribution is 1.09. The van der Waals surface area contributed by atoms with Crippen LogP contribution in [0.1, 0.15) is 6.92 Å². The lowest BCUT2D eigenvalue weighted by atomic mass is 10.1. The molecule has 0 atom stereocenters. The van der Waals surface area contributed by atoms with Crippen LogP contribution < -0.4 is 5.32 Å². The number of anilines is 1. The van der Waals surface area contributed by atoms with Crippen molar-refractivity contribution in [1.82, 2.24) is 29.3 Å². The SMILES string of the molecule is CCNc1ncc(-c2ccn3c(-c4ccnc5cccnc45)cnc3c2)cn1. The van der Waals surface area contributed by atoms with E-state index in [4.69, 9.17) is 0 Å². The van der Waals surface area contributed by atoms with E-state index in [1.54, 1.807) is 12.4 Å². The summed E-state index contributed by atoms with van der Waals surface area (Å²) >= 11 is 0. The molecule has 0 spiro atoms. The van der Waals surface area contributed by atoms with Gasteiger partial charge in [-0.3, -0.25) is 14.4 Å². The van der Waals surface area contributed by atoms with Crippen LogP contribution in [0.4, 0.5) is 5.95 Å². The van der Waals surface area contributed by atoms with Crippen molar-refractivity contribution in [3.05, 3.63) is 67.5 Å². The number of hydrogen-bond donors (Lipinski definition) is 1. The zero-order valence-corrected chi connectivity index (χ0v) is 15.2. The second-order valence-corrected chi connectivity index (χ2v) is 6.34. The molecule has 7 heteroatoms. The number of aromatic nitrogens is 6. The maximum absolute atomic E-state index is 4.60. The van der Waals surface area contributed by atoms with Gasteiger partial charge in [0.2, 0.25) is 5.95 Å². The molecule has 0 aliphatic rings. The van der Waals surface area contributed by atoms with Crippen LogP contribution in [0.25, 0.3) is 39.1 Å². The van der Waals surface area contributed by atoms with E-state index in [2.05, 4.69) is 34.6 Å². The fourth-order valence-electron chi connectivity index (χ4n) is 3.27. The zero-order valence-electron chi connectivity index (χ0n) is 15.2. The molecule has 0 saturated heterocycles. The van der Waals surface area contributed by atoms with Crippen molar-refractivity contribution in [3.8, 4) is 22.4 Å². The van der Waals surface area contributed by atoms with Gasteiger partial charge in [-0.05, 0) is 42.8 Å². The number of imidazole rings is 1. The Balaban J connectivity index is 1.58. The Morgan fingerprint density at radius 3 is 2.64 bits per heavy atom. The maximum atomic E-state index is 4.60. The van der Waals surface area contributed by atoms with E-state index < -0.39 is 0 Å². The number of hydrogen-bond acceptors (Lipinski definition) is 6. The van der Waals surface area contributed by atoms with Gasteiger partial charge in [-0.15, -0.1) is 0 Å². The minimum atomic E-state index is 0.632. The average molecular weight is 367 g/mol. The monoisotopic (exact) mass is 367 g/mol. The number of nitrogens with zero attached hydrogens (tertiary/aromatic N) is 6. The van der Waals surface area contributed by atoms with E-state index in [0.717, 1.165) is 45.6 Å². The summed E-state index contributed by atoms with van der Waals surface area (Å²) in [4.78, 5) is 22.2. The molecule has 28 heavy (non-hydrogen) atoms. The van der Waals surface area contributed by atoms with Crippen molar-refractivity contribution < 1.29 is 0 Å². The Kier molecular flexibility index (Phi) is 3.90. The van der Waals surface area contributed by atoms with Crippen LogP contribution >= 0.6 is 0 Å². The predicted molar refractivity (Wildman–Crippen MR) is 109 cm³/mol. The molecule has 1 N–H and O–H groups in total. The summed E-state index contributed by atoms with van der Waals surface area (Å²) in [6.07, 6.45) is 11.1. The molecule has 0 aliphatic carbocycles. The molecule has 0 unspecified atom stereocenters. The highest BCUT2D eigenvalue weighted by atomic mass is 15.1. The normalized spacial score (nSPS) is 11.2. The molecule has 5 aromatic heterocycles. The van der Waals surface area contributed by atoms with E-state index in [1.165, 1.54) is 0 Å². The molecule has 0 saturated carbocycles. The van der Waals surface area contributed by atoms with E-state index in [-0.39, 0.29) is 0 Å².